The fourth-order valence-corrected chi connectivity index (χ4v) is 9.98. The summed E-state index contributed by atoms with van der Waals surface area (Å²) in [6.07, 6.45) is 5.24. The minimum atomic E-state index is 0.180. The lowest BCUT2D eigenvalue weighted by molar-refractivity contribution is 0.806. The first-order valence-corrected chi connectivity index (χ1v) is 15.9. The smallest absolute Gasteiger partial charge is 0.0570 e. The van der Waals surface area contributed by atoms with Gasteiger partial charge in [-0.15, -0.1) is 0 Å². The second kappa shape index (κ2) is 8.22. The van der Waals surface area contributed by atoms with E-state index in [1.54, 1.807) is 0 Å². The Labute approximate surface area is 262 Å². The lowest BCUT2D eigenvalue weighted by atomic mass is 9.72. The van der Waals surface area contributed by atoms with Gasteiger partial charge in [0.1, 0.15) is 0 Å². The molecular formula is C38H20Cl4. The number of hydrogen-bond donors (Lipinski definition) is 0. The zero-order chi connectivity index (χ0) is 28.0. The molecule has 1 unspecified atom stereocenters. The molecule has 0 fully saturated rings. The Hall–Kier alpha value is -3.26. The summed E-state index contributed by atoms with van der Waals surface area (Å²) >= 11 is 28.9. The van der Waals surface area contributed by atoms with Crippen molar-refractivity contribution >= 4 is 89.9 Å². The number of hydrogen-bond acceptors (Lipinski definition) is 0. The number of halogens is 4. The molecule has 0 N–H and O–H groups in total. The Morgan fingerprint density at radius 2 is 1.17 bits per heavy atom. The van der Waals surface area contributed by atoms with Crippen LogP contribution in [0.1, 0.15) is 41.0 Å². The molecule has 0 nitrogen and oxygen atoms in total. The second-order valence-corrected chi connectivity index (χ2v) is 13.4. The number of rotatable bonds is 0. The van der Waals surface area contributed by atoms with Gasteiger partial charge >= 0.3 is 0 Å². The van der Waals surface area contributed by atoms with Crippen molar-refractivity contribution in [3.63, 3.8) is 0 Å². The van der Waals surface area contributed by atoms with Crippen LogP contribution in [0.4, 0.5) is 0 Å². The molecule has 0 spiro atoms. The molecule has 0 heterocycles. The number of fused-ring (bicyclic) bond motifs is 11. The van der Waals surface area contributed by atoms with Crippen LogP contribution < -0.4 is 0 Å². The highest BCUT2D eigenvalue weighted by Gasteiger charge is 2.43. The third kappa shape index (κ3) is 2.75. The van der Waals surface area contributed by atoms with Crippen LogP contribution in [0, 0.1) is 0 Å². The van der Waals surface area contributed by atoms with Crippen molar-refractivity contribution in [2.45, 2.75) is 25.2 Å². The van der Waals surface area contributed by atoms with Gasteiger partial charge in [0.2, 0.25) is 0 Å². The fraction of sp³-hybridized carbons (Fsp3) is 0.105. The van der Waals surface area contributed by atoms with Gasteiger partial charge in [0.25, 0.3) is 0 Å². The van der Waals surface area contributed by atoms with E-state index in [1.165, 1.54) is 55.3 Å². The molecule has 0 aliphatic heterocycles. The summed E-state index contributed by atoms with van der Waals surface area (Å²) in [6.45, 7) is 0. The van der Waals surface area contributed by atoms with Gasteiger partial charge in [0.15, 0.2) is 0 Å². The largest absolute Gasteiger partial charge is 0.0833 e. The second-order valence-electron chi connectivity index (χ2n) is 11.9. The molecule has 42 heavy (non-hydrogen) atoms. The maximum atomic E-state index is 7.28. The lowest BCUT2D eigenvalue weighted by Crippen LogP contribution is -2.14. The summed E-state index contributed by atoms with van der Waals surface area (Å²) < 4.78 is 0. The Bertz CT molecular complexity index is 2370. The minimum absolute atomic E-state index is 0.180. The van der Waals surface area contributed by atoms with Gasteiger partial charge in [-0.1, -0.05) is 119 Å². The predicted molar refractivity (Wildman–Crippen MR) is 180 cm³/mol. The van der Waals surface area contributed by atoms with Gasteiger partial charge < -0.3 is 0 Å². The molecule has 4 aliphatic rings. The molecule has 0 saturated heterocycles. The van der Waals surface area contributed by atoms with Crippen LogP contribution in [0.25, 0.3) is 65.7 Å². The predicted octanol–water partition coefficient (Wildman–Crippen LogP) is 12.7. The van der Waals surface area contributed by atoms with Crippen molar-refractivity contribution in [1.29, 1.82) is 0 Å². The molecule has 200 valence electrons. The third-order valence-corrected chi connectivity index (χ3v) is 11.7. The Kier molecular flexibility index (Phi) is 4.74. The van der Waals surface area contributed by atoms with E-state index in [0.29, 0.717) is 0 Å². The van der Waals surface area contributed by atoms with E-state index in [2.05, 4.69) is 54.6 Å². The normalized spacial score (nSPS) is 17.5. The number of benzene rings is 6. The van der Waals surface area contributed by atoms with Crippen LogP contribution >= 0.6 is 46.4 Å². The van der Waals surface area contributed by atoms with E-state index < -0.39 is 0 Å². The molecule has 4 aliphatic carbocycles. The van der Waals surface area contributed by atoms with Crippen LogP contribution in [0.15, 0.2) is 84.4 Å². The van der Waals surface area contributed by atoms with Crippen molar-refractivity contribution in [1.82, 2.24) is 0 Å². The highest BCUT2D eigenvalue weighted by atomic mass is 35.5. The summed E-state index contributed by atoms with van der Waals surface area (Å²) in [5, 5.41) is 9.78. The van der Waals surface area contributed by atoms with E-state index >= 15 is 0 Å². The first-order chi connectivity index (χ1) is 20.5. The zero-order valence-electron chi connectivity index (χ0n) is 22.2. The maximum Gasteiger partial charge on any atom is 0.0570 e. The maximum absolute atomic E-state index is 7.28. The van der Waals surface area contributed by atoms with Crippen LogP contribution in [0.5, 0.6) is 0 Å². The average molecular weight is 618 g/mol. The quantitative estimate of drug-likeness (QED) is 0.159. The summed E-state index contributed by atoms with van der Waals surface area (Å²) in [5.74, 6) is 0.180. The van der Waals surface area contributed by atoms with Crippen molar-refractivity contribution in [3.8, 4) is 22.3 Å². The fourth-order valence-electron chi connectivity index (χ4n) is 8.50. The average Bonchev–Trinajstić information content (AvgIpc) is 3.54. The highest BCUT2D eigenvalue weighted by Crippen LogP contribution is 2.63. The first kappa shape index (κ1) is 24.2. The van der Waals surface area contributed by atoms with Crippen LogP contribution in [0.3, 0.4) is 0 Å². The van der Waals surface area contributed by atoms with E-state index in [0.717, 1.165) is 77.6 Å². The summed E-state index contributed by atoms with van der Waals surface area (Å²) in [6, 6.07) is 25.5. The topological polar surface area (TPSA) is 0 Å². The highest BCUT2D eigenvalue weighted by molar-refractivity contribution is 6.47. The monoisotopic (exact) mass is 616 g/mol. The van der Waals surface area contributed by atoms with Gasteiger partial charge in [-0.25, -0.2) is 0 Å². The lowest BCUT2D eigenvalue weighted by Gasteiger charge is -2.31. The van der Waals surface area contributed by atoms with Gasteiger partial charge in [0.05, 0.1) is 20.1 Å². The van der Waals surface area contributed by atoms with Crippen molar-refractivity contribution in [2.24, 2.45) is 0 Å². The third-order valence-electron chi connectivity index (χ3n) is 10.1. The minimum Gasteiger partial charge on any atom is -0.0833 e. The van der Waals surface area contributed by atoms with Crippen molar-refractivity contribution in [2.75, 3.05) is 0 Å². The molecule has 10 rings (SSSR count). The molecule has 0 bridgehead atoms. The van der Waals surface area contributed by atoms with E-state index in [4.69, 9.17) is 46.4 Å². The summed E-state index contributed by atoms with van der Waals surface area (Å²) in [4.78, 5) is 0. The van der Waals surface area contributed by atoms with Crippen LogP contribution in [-0.2, 0) is 6.42 Å². The molecule has 1 atom stereocenters. The van der Waals surface area contributed by atoms with Gasteiger partial charge in [0, 0.05) is 44.2 Å². The van der Waals surface area contributed by atoms with Crippen molar-refractivity contribution in [3.05, 3.63) is 127 Å². The Balaban J connectivity index is 1.31. The first-order valence-electron chi connectivity index (χ1n) is 14.4. The standard InChI is InChI=1S/C38H20Cl4/c39-35-19-7-1-3-9-21(19)37(41)33-27-15-25-18-12-6-14-24-30(18)28(16-26(25)17-11-5-13-23(29(17)27)31(33)35)34-32(24)36(40)20-8-2-4-10-22(20)38(34)42/h1-5,7-11,13-15,28H,6,12,16H2. The zero-order valence-corrected chi connectivity index (χ0v) is 25.2. The van der Waals surface area contributed by atoms with Gasteiger partial charge in [-0.2, -0.15) is 0 Å². The van der Waals surface area contributed by atoms with E-state index in [1.807, 2.05) is 24.3 Å². The molecule has 0 saturated carbocycles. The van der Waals surface area contributed by atoms with Gasteiger partial charge in [-0.3, -0.25) is 0 Å². The Morgan fingerprint density at radius 3 is 1.86 bits per heavy atom. The molecule has 4 heteroatoms. The van der Waals surface area contributed by atoms with Crippen LogP contribution in [-0.4, -0.2) is 0 Å². The van der Waals surface area contributed by atoms with E-state index in [-0.39, 0.29) is 5.92 Å². The van der Waals surface area contributed by atoms with E-state index in [9.17, 15) is 0 Å². The van der Waals surface area contributed by atoms with Gasteiger partial charge in [-0.05, 0) is 80.6 Å². The van der Waals surface area contributed by atoms with Crippen LogP contribution in [0.2, 0.25) is 20.1 Å². The summed E-state index contributed by atoms with van der Waals surface area (Å²) in [5.41, 5.74) is 13.6. The molecule has 6 aromatic rings. The molecular weight excluding hydrogens is 598 g/mol. The molecule has 6 aromatic carbocycles. The number of allylic oxidation sites excluding steroid dienone is 4. The Morgan fingerprint density at radius 1 is 0.571 bits per heavy atom. The SMILES string of the molecule is Clc1c2c(c(Cl)c3ccccc13)C1Cc3c(cc4c5c(cccc35)-c3c-4c(Cl)c4ccccc4c3Cl)C3=C1C2=CCC3. The molecule has 0 radical (unpaired) electrons. The molecule has 0 aromatic heterocycles. The van der Waals surface area contributed by atoms with Crippen molar-refractivity contribution < 1.29 is 0 Å². The summed E-state index contributed by atoms with van der Waals surface area (Å²) in [7, 11) is 0. The molecule has 0 amide bonds.